The molecule has 1 aliphatic rings. The minimum Gasteiger partial charge on any atom is -0.383 e. The fourth-order valence-corrected chi connectivity index (χ4v) is 1.17. The molecule has 3 nitrogen and oxygen atoms in total. The molecule has 0 aromatic carbocycles. The van der Waals surface area contributed by atoms with Gasteiger partial charge in [-0.25, -0.2) is 14.4 Å². The van der Waals surface area contributed by atoms with Crippen LogP contribution in [0.4, 0.5) is 10.2 Å². The number of rotatable bonds is 0. The van der Waals surface area contributed by atoms with Gasteiger partial charge in [0.25, 0.3) is 0 Å². The zero-order valence-corrected chi connectivity index (χ0v) is 6.21. The van der Waals surface area contributed by atoms with E-state index < -0.39 is 5.83 Å². The molecule has 1 aliphatic carbocycles. The number of halogens is 1. The molecule has 0 aliphatic heterocycles. The van der Waals surface area contributed by atoms with E-state index in [4.69, 9.17) is 5.73 Å². The third-order valence-electron chi connectivity index (χ3n) is 1.72. The van der Waals surface area contributed by atoms with Gasteiger partial charge in [0.15, 0.2) is 0 Å². The lowest BCUT2D eigenvalue weighted by molar-refractivity contribution is 0.762. The van der Waals surface area contributed by atoms with Crippen molar-refractivity contribution in [2.75, 3.05) is 5.73 Å². The van der Waals surface area contributed by atoms with Crippen LogP contribution in [0.3, 0.4) is 0 Å². The molecule has 0 fully saturated rings. The van der Waals surface area contributed by atoms with Crippen LogP contribution in [0.1, 0.15) is 11.3 Å². The fraction of sp³-hybridized carbons (Fsp3) is 0. The van der Waals surface area contributed by atoms with E-state index in [0.29, 0.717) is 11.3 Å². The van der Waals surface area contributed by atoms with E-state index in [0.717, 1.165) is 0 Å². The summed E-state index contributed by atoms with van der Waals surface area (Å²) in [5.74, 6) is -0.250. The average molecular weight is 163 g/mol. The van der Waals surface area contributed by atoms with Gasteiger partial charge in [-0.15, -0.1) is 0 Å². The van der Waals surface area contributed by atoms with Crippen molar-refractivity contribution in [3.8, 4) is 0 Å². The molecule has 1 aromatic rings. The Morgan fingerprint density at radius 3 is 2.83 bits per heavy atom. The highest BCUT2D eigenvalue weighted by molar-refractivity contribution is 5.93. The predicted octanol–water partition coefficient (Wildman–Crippen LogP) is 1.40. The van der Waals surface area contributed by atoms with Crippen molar-refractivity contribution in [2.24, 2.45) is 0 Å². The third kappa shape index (κ3) is 0.747. The van der Waals surface area contributed by atoms with E-state index in [9.17, 15) is 4.39 Å². The number of nitrogens with zero attached hydrogens (tertiary/aromatic N) is 2. The Hall–Kier alpha value is -1.71. The molecule has 0 bridgehead atoms. The molecular formula is C8H6FN3. The van der Waals surface area contributed by atoms with Crippen LogP contribution >= 0.6 is 0 Å². The summed E-state index contributed by atoms with van der Waals surface area (Å²) in [6, 6.07) is 0. The van der Waals surface area contributed by atoms with Crippen molar-refractivity contribution >= 4 is 17.2 Å². The summed E-state index contributed by atoms with van der Waals surface area (Å²) in [6.07, 6.45) is 2.60. The highest BCUT2D eigenvalue weighted by atomic mass is 19.1. The molecule has 4 heteroatoms. The number of hydrogen-bond donors (Lipinski definition) is 1. The molecular weight excluding hydrogens is 157 g/mol. The first kappa shape index (κ1) is 6.97. The zero-order valence-electron chi connectivity index (χ0n) is 6.21. The van der Waals surface area contributed by atoms with Crippen LogP contribution in [0.25, 0.3) is 11.4 Å². The van der Waals surface area contributed by atoms with Crippen molar-refractivity contribution in [2.45, 2.75) is 0 Å². The lowest BCUT2D eigenvalue weighted by Gasteiger charge is -2.00. The molecule has 2 rings (SSSR count). The molecule has 1 heterocycles. The van der Waals surface area contributed by atoms with Gasteiger partial charge in [-0.05, 0) is 11.6 Å². The third-order valence-corrected chi connectivity index (χ3v) is 1.72. The maximum Gasteiger partial charge on any atom is 0.137 e. The molecule has 0 radical (unpaired) electrons. The zero-order chi connectivity index (χ0) is 8.72. The van der Waals surface area contributed by atoms with Gasteiger partial charge in [-0.2, -0.15) is 0 Å². The Morgan fingerprint density at radius 1 is 1.42 bits per heavy atom. The van der Waals surface area contributed by atoms with Gasteiger partial charge in [0, 0.05) is 0 Å². The summed E-state index contributed by atoms with van der Waals surface area (Å²) in [4.78, 5) is 7.55. The first-order valence-electron chi connectivity index (χ1n) is 3.37. The Balaban J connectivity index is 2.77. The van der Waals surface area contributed by atoms with Crippen molar-refractivity contribution in [3.05, 3.63) is 30.2 Å². The van der Waals surface area contributed by atoms with Crippen LogP contribution in [-0.2, 0) is 0 Å². The monoisotopic (exact) mass is 163 g/mol. The molecule has 0 saturated carbocycles. The second kappa shape index (κ2) is 2.14. The largest absolute Gasteiger partial charge is 0.383 e. The van der Waals surface area contributed by atoms with Gasteiger partial charge in [-0.3, -0.25) is 0 Å². The van der Waals surface area contributed by atoms with E-state index in [2.05, 4.69) is 16.5 Å². The van der Waals surface area contributed by atoms with Crippen LogP contribution in [0.5, 0.6) is 0 Å². The number of nitrogens with two attached hydrogens (primary N) is 1. The van der Waals surface area contributed by atoms with E-state index in [1.807, 2.05) is 0 Å². The molecule has 0 spiro atoms. The molecule has 2 N–H and O–H groups in total. The molecule has 0 amide bonds. The molecule has 0 atom stereocenters. The smallest absolute Gasteiger partial charge is 0.137 e. The summed E-state index contributed by atoms with van der Waals surface area (Å²) in [5.41, 5.74) is 6.74. The summed E-state index contributed by atoms with van der Waals surface area (Å²) >= 11 is 0. The standard InChI is InChI=1S/C8H6FN3/c1-4-2-5(9)6-7(4)11-3-12-8(6)10/h2-3H,1H2,(H2,10,11,12). The first-order valence-corrected chi connectivity index (χ1v) is 3.37. The first-order chi connectivity index (χ1) is 5.70. The fourth-order valence-electron chi connectivity index (χ4n) is 1.17. The highest BCUT2D eigenvalue weighted by Crippen LogP contribution is 2.35. The summed E-state index contributed by atoms with van der Waals surface area (Å²) in [5, 5.41) is 0. The quantitative estimate of drug-likeness (QED) is 0.628. The minimum atomic E-state index is -0.409. The normalized spacial score (nSPS) is 14.4. The van der Waals surface area contributed by atoms with Crippen LogP contribution in [-0.4, -0.2) is 9.97 Å². The number of nitrogen functional groups attached to an aromatic ring is 1. The molecule has 12 heavy (non-hydrogen) atoms. The lowest BCUT2D eigenvalue weighted by Crippen LogP contribution is -1.98. The Bertz CT molecular complexity index is 395. The van der Waals surface area contributed by atoms with Crippen LogP contribution < -0.4 is 5.73 Å². The Labute approximate surface area is 68.5 Å². The highest BCUT2D eigenvalue weighted by Gasteiger charge is 2.21. The van der Waals surface area contributed by atoms with Gasteiger partial charge >= 0.3 is 0 Å². The van der Waals surface area contributed by atoms with Crippen LogP contribution in [0, 0.1) is 0 Å². The summed E-state index contributed by atoms with van der Waals surface area (Å²) in [6.45, 7) is 3.62. The van der Waals surface area contributed by atoms with Gasteiger partial charge < -0.3 is 5.73 Å². The number of aromatic nitrogens is 2. The van der Waals surface area contributed by atoms with Crippen molar-refractivity contribution in [1.29, 1.82) is 0 Å². The van der Waals surface area contributed by atoms with Gasteiger partial charge in [0.1, 0.15) is 18.0 Å². The Morgan fingerprint density at radius 2 is 2.17 bits per heavy atom. The summed E-state index contributed by atoms with van der Waals surface area (Å²) < 4.78 is 13.1. The predicted molar refractivity (Wildman–Crippen MR) is 44.6 cm³/mol. The molecule has 0 saturated heterocycles. The molecule has 60 valence electrons. The number of fused-ring (bicyclic) bond motifs is 1. The maximum absolute atomic E-state index is 13.1. The topological polar surface area (TPSA) is 51.8 Å². The second-order valence-electron chi connectivity index (χ2n) is 2.50. The minimum absolute atomic E-state index is 0.160. The average Bonchev–Trinajstić information content (AvgIpc) is 2.29. The van der Waals surface area contributed by atoms with Gasteiger partial charge in [0.05, 0.1) is 11.3 Å². The van der Waals surface area contributed by atoms with E-state index >= 15 is 0 Å². The number of allylic oxidation sites excluding steroid dienone is 2. The number of hydrogen-bond acceptors (Lipinski definition) is 3. The van der Waals surface area contributed by atoms with Gasteiger partial charge in [-0.1, -0.05) is 6.58 Å². The van der Waals surface area contributed by atoms with Crippen LogP contribution in [0.15, 0.2) is 19.0 Å². The second-order valence-corrected chi connectivity index (χ2v) is 2.50. The lowest BCUT2D eigenvalue weighted by atomic mass is 10.2. The van der Waals surface area contributed by atoms with Gasteiger partial charge in [0.2, 0.25) is 0 Å². The van der Waals surface area contributed by atoms with Crippen molar-refractivity contribution in [3.63, 3.8) is 0 Å². The summed E-state index contributed by atoms with van der Waals surface area (Å²) in [7, 11) is 0. The SMILES string of the molecule is C=C1C=C(F)c2c(N)ncnc21. The van der Waals surface area contributed by atoms with Crippen LogP contribution in [0.2, 0.25) is 0 Å². The van der Waals surface area contributed by atoms with E-state index in [1.54, 1.807) is 0 Å². The van der Waals surface area contributed by atoms with E-state index in [-0.39, 0.29) is 11.4 Å². The Kier molecular flexibility index (Phi) is 1.24. The maximum atomic E-state index is 13.1. The number of anilines is 1. The molecule has 1 aromatic heterocycles. The van der Waals surface area contributed by atoms with E-state index in [1.165, 1.54) is 12.4 Å². The molecule has 0 unspecified atom stereocenters. The van der Waals surface area contributed by atoms with Crippen molar-refractivity contribution in [1.82, 2.24) is 9.97 Å². The van der Waals surface area contributed by atoms with Crippen molar-refractivity contribution < 1.29 is 4.39 Å².